The van der Waals surface area contributed by atoms with Gasteiger partial charge in [0, 0.05) is 31.6 Å². The average Bonchev–Trinajstić information content (AvgIpc) is 2.99. The van der Waals surface area contributed by atoms with E-state index in [-0.39, 0.29) is 11.7 Å². The predicted octanol–water partition coefficient (Wildman–Crippen LogP) is 2.70. The van der Waals surface area contributed by atoms with Gasteiger partial charge < -0.3 is 14.9 Å². The number of carboxylic acids is 1. The predicted molar refractivity (Wildman–Crippen MR) is 90.2 cm³/mol. The molecular weight excluding hydrogens is 306 g/mol. The molecule has 2 atom stereocenters. The van der Waals surface area contributed by atoms with E-state index in [2.05, 4.69) is 4.90 Å². The van der Waals surface area contributed by atoms with Crippen molar-refractivity contribution in [2.75, 3.05) is 20.2 Å². The number of methoxy groups -OCH3 is 1. The molecule has 5 nitrogen and oxygen atoms in total. The van der Waals surface area contributed by atoms with E-state index in [4.69, 9.17) is 4.74 Å². The van der Waals surface area contributed by atoms with Crippen LogP contribution in [0.5, 0.6) is 11.5 Å². The van der Waals surface area contributed by atoms with Crippen LogP contribution in [0.3, 0.4) is 0 Å². The molecule has 126 valence electrons. The highest BCUT2D eigenvalue weighted by Crippen LogP contribution is 2.34. The summed E-state index contributed by atoms with van der Waals surface area (Å²) >= 11 is 0. The lowest BCUT2D eigenvalue weighted by Gasteiger charge is -2.17. The van der Waals surface area contributed by atoms with Crippen LogP contribution in [-0.2, 0) is 11.3 Å². The molecule has 5 heteroatoms. The molecule has 1 aliphatic heterocycles. The van der Waals surface area contributed by atoms with Crippen LogP contribution in [0.25, 0.3) is 0 Å². The number of hydrogen-bond acceptors (Lipinski definition) is 4. The molecule has 0 bridgehead atoms. The van der Waals surface area contributed by atoms with Crippen molar-refractivity contribution in [3.05, 3.63) is 59.7 Å². The lowest BCUT2D eigenvalue weighted by atomic mass is 9.89. The first-order valence-corrected chi connectivity index (χ1v) is 7.94. The number of aromatic hydroxyl groups is 1. The van der Waals surface area contributed by atoms with Gasteiger partial charge in [-0.25, -0.2) is 0 Å². The number of aliphatic carboxylic acids is 1. The first-order chi connectivity index (χ1) is 11.6. The third-order valence-corrected chi connectivity index (χ3v) is 4.53. The van der Waals surface area contributed by atoms with Crippen LogP contribution in [0.2, 0.25) is 0 Å². The number of nitrogens with zero attached hydrogens (tertiary/aromatic N) is 1. The van der Waals surface area contributed by atoms with E-state index >= 15 is 0 Å². The number of rotatable bonds is 5. The van der Waals surface area contributed by atoms with E-state index in [0.717, 1.165) is 11.1 Å². The smallest absolute Gasteiger partial charge is 0.308 e. The van der Waals surface area contributed by atoms with Gasteiger partial charge in [-0.2, -0.15) is 0 Å². The molecule has 0 aromatic heterocycles. The van der Waals surface area contributed by atoms with Gasteiger partial charge >= 0.3 is 5.97 Å². The minimum Gasteiger partial charge on any atom is -0.508 e. The molecule has 2 aromatic rings. The maximum atomic E-state index is 11.7. The van der Waals surface area contributed by atoms with Gasteiger partial charge in [-0.05, 0) is 23.3 Å². The lowest BCUT2D eigenvalue weighted by Crippen LogP contribution is -2.23. The maximum absolute atomic E-state index is 11.7. The van der Waals surface area contributed by atoms with Crippen molar-refractivity contribution >= 4 is 5.97 Å². The summed E-state index contributed by atoms with van der Waals surface area (Å²) in [6, 6.07) is 14.9. The molecule has 0 aliphatic carbocycles. The first-order valence-electron chi connectivity index (χ1n) is 7.94. The van der Waals surface area contributed by atoms with Gasteiger partial charge in [-0.15, -0.1) is 0 Å². The fourth-order valence-electron chi connectivity index (χ4n) is 3.41. The Morgan fingerprint density at radius 1 is 1.21 bits per heavy atom. The monoisotopic (exact) mass is 327 g/mol. The summed E-state index contributed by atoms with van der Waals surface area (Å²) < 4.78 is 5.18. The number of ether oxygens (including phenoxy) is 1. The van der Waals surface area contributed by atoms with Crippen LogP contribution in [0.1, 0.15) is 17.0 Å². The first kappa shape index (κ1) is 16.3. The molecule has 24 heavy (non-hydrogen) atoms. The molecule has 1 fully saturated rings. The van der Waals surface area contributed by atoms with Gasteiger partial charge in [-0.3, -0.25) is 9.69 Å². The van der Waals surface area contributed by atoms with Crippen molar-refractivity contribution in [2.24, 2.45) is 5.92 Å². The zero-order chi connectivity index (χ0) is 17.1. The van der Waals surface area contributed by atoms with Crippen molar-refractivity contribution in [3.63, 3.8) is 0 Å². The van der Waals surface area contributed by atoms with Crippen LogP contribution in [0.15, 0.2) is 48.5 Å². The molecule has 3 rings (SSSR count). The summed E-state index contributed by atoms with van der Waals surface area (Å²) in [5.41, 5.74) is 1.96. The Morgan fingerprint density at radius 3 is 2.62 bits per heavy atom. The fourth-order valence-corrected chi connectivity index (χ4v) is 3.41. The second kappa shape index (κ2) is 6.93. The molecule has 0 radical (unpaired) electrons. The van der Waals surface area contributed by atoms with Crippen molar-refractivity contribution < 1.29 is 19.7 Å². The molecule has 0 amide bonds. The Kier molecular flexibility index (Phi) is 4.71. The van der Waals surface area contributed by atoms with Crippen molar-refractivity contribution in [1.29, 1.82) is 0 Å². The normalized spacial score (nSPS) is 20.9. The van der Waals surface area contributed by atoms with E-state index in [9.17, 15) is 15.0 Å². The topological polar surface area (TPSA) is 70.0 Å². The molecule has 0 saturated carbocycles. The van der Waals surface area contributed by atoms with Crippen LogP contribution in [-0.4, -0.2) is 41.3 Å². The third-order valence-electron chi connectivity index (χ3n) is 4.53. The Labute approximate surface area is 141 Å². The third kappa shape index (κ3) is 3.51. The Bertz CT molecular complexity index is 717. The summed E-state index contributed by atoms with van der Waals surface area (Å²) in [7, 11) is 1.56. The minimum absolute atomic E-state index is 0.0251. The molecule has 2 N–H and O–H groups in total. The summed E-state index contributed by atoms with van der Waals surface area (Å²) in [4.78, 5) is 13.8. The van der Waals surface area contributed by atoms with Gasteiger partial charge in [0.05, 0.1) is 13.0 Å². The van der Waals surface area contributed by atoms with E-state index in [0.29, 0.717) is 25.4 Å². The molecule has 0 spiro atoms. The van der Waals surface area contributed by atoms with Crippen molar-refractivity contribution in [3.8, 4) is 11.5 Å². The minimum atomic E-state index is -0.764. The number of hydrogen-bond donors (Lipinski definition) is 2. The molecule has 2 aromatic carbocycles. The van der Waals surface area contributed by atoms with Gasteiger partial charge in [-0.1, -0.05) is 30.3 Å². The molecule has 1 saturated heterocycles. The van der Waals surface area contributed by atoms with Crippen LogP contribution in [0.4, 0.5) is 0 Å². The standard InChI is InChI=1S/C19H21NO4/c1-24-16-8-13(7-15(21)9-16)10-20-11-17(18(12-20)19(22)23)14-5-3-2-4-6-14/h2-9,17-18,21H,10-12H2,1H3,(H,22,23)/t17-,18+/m1/s1. The number of likely N-dealkylation sites (tertiary alicyclic amines) is 1. The molecule has 1 heterocycles. The Morgan fingerprint density at radius 2 is 1.96 bits per heavy atom. The SMILES string of the molecule is COc1cc(O)cc(CN2C[C@H](C(=O)O)[C@@H](c3ccccc3)C2)c1. The number of phenolic OH excluding ortho intramolecular Hbond substituents is 1. The summed E-state index contributed by atoms with van der Waals surface area (Å²) in [6.07, 6.45) is 0. The summed E-state index contributed by atoms with van der Waals surface area (Å²) in [5.74, 6) is -0.467. The zero-order valence-electron chi connectivity index (χ0n) is 13.6. The Hall–Kier alpha value is -2.53. The van der Waals surface area contributed by atoms with E-state index in [1.54, 1.807) is 19.2 Å². The molecule has 1 aliphatic rings. The zero-order valence-corrected chi connectivity index (χ0v) is 13.6. The van der Waals surface area contributed by atoms with E-state index in [1.165, 1.54) is 0 Å². The van der Waals surface area contributed by atoms with Gasteiger partial charge in [0.2, 0.25) is 0 Å². The van der Waals surface area contributed by atoms with E-state index < -0.39 is 11.9 Å². The lowest BCUT2D eigenvalue weighted by molar-refractivity contribution is -0.141. The van der Waals surface area contributed by atoms with Gasteiger partial charge in [0.1, 0.15) is 11.5 Å². The van der Waals surface area contributed by atoms with Gasteiger partial charge in [0.15, 0.2) is 0 Å². The molecule has 0 unspecified atom stereocenters. The largest absolute Gasteiger partial charge is 0.508 e. The van der Waals surface area contributed by atoms with Crippen LogP contribution < -0.4 is 4.74 Å². The number of carboxylic acid groups (broad SMARTS) is 1. The van der Waals surface area contributed by atoms with Crippen LogP contribution >= 0.6 is 0 Å². The summed E-state index contributed by atoms with van der Waals surface area (Å²) in [6.45, 7) is 1.75. The Balaban J connectivity index is 1.78. The van der Waals surface area contributed by atoms with Crippen LogP contribution in [0, 0.1) is 5.92 Å². The fraction of sp³-hybridized carbons (Fsp3) is 0.316. The maximum Gasteiger partial charge on any atom is 0.308 e. The van der Waals surface area contributed by atoms with Gasteiger partial charge in [0.25, 0.3) is 0 Å². The average molecular weight is 327 g/mol. The number of carbonyl (C=O) groups is 1. The summed E-state index contributed by atoms with van der Waals surface area (Å²) in [5, 5.41) is 19.3. The highest BCUT2D eigenvalue weighted by Gasteiger charge is 2.38. The second-order valence-corrected chi connectivity index (χ2v) is 6.20. The highest BCUT2D eigenvalue weighted by atomic mass is 16.5. The second-order valence-electron chi connectivity index (χ2n) is 6.20. The number of phenols is 1. The highest BCUT2D eigenvalue weighted by molar-refractivity contribution is 5.72. The number of benzene rings is 2. The molecular formula is C19H21NO4. The van der Waals surface area contributed by atoms with Crippen molar-refractivity contribution in [2.45, 2.75) is 12.5 Å². The quantitative estimate of drug-likeness (QED) is 0.883. The van der Waals surface area contributed by atoms with Crippen molar-refractivity contribution in [1.82, 2.24) is 4.90 Å². The van der Waals surface area contributed by atoms with E-state index in [1.807, 2.05) is 36.4 Å².